The number of rotatable bonds is 4. The topological polar surface area (TPSA) is 54.5 Å². The van der Waals surface area contributed by atoms with Gasteiger partial charge >= 0.3 is 0 Å². The first-order chi connectivity index (χ1) is 9.44. The molecule has 0 N–H and O–H groups in total. The molecule has 0 amide bonds. The molecule has 3 unspecified atom stereocenters. The van der Waals surface area contributed by atoms with E-state index in [1.807, 2.05) is 0 Å². The lowest BCUT2D eigenvalue weighted by Crippen LogP contribution is -2.50. The van der Waals surface area contributed by atoms with E-state index in [0.717, 1.165) is 25.1 Å². The van der Waals surface area contributed by atoms with Gasteiger partial charge in [0.2, 0.25) is 0 Å². The van der Waals surface area contributed by atoms with Crippen LogP contribution in [0.25, 0.3) is 0 Å². The third-order valence-electron chi connectivity index (χ3n) is 4.49. The van der Waals surface area contributed by atoms with Gasteiger partial charge in [-0.1, -0.05) is 13.8 Å². The molecule has 2 fully saturated rings. The Balaban J connectivity index is 2.07. The van der Waals surface area contributed by atoms with E-state index in [2.05, 4.69) is 11.8 Å². The largest absolute Gasteiger partial charge is 0.299 e. The molecule has 0 aromatic heterocycles. The van der Waals surface area contributed by atoms with Crippen LogP contribution in [-0.2, 0) is 14.6 Å². The van der Waals surface area contributed by atoms with Gasteiger partial charge < -0.3 is 0 Å². The zero-order chi connectivity index (χ0) is 14.8. The van der Waals surface area contributed by atoms with Crippen LogP contribution in [0.2, 0.25) is 0 Å². The summed E-state index contributed by atoms with van der Waals surface area (Å²) in [5.74, 6) is 2.74. The van der Waals surface area contributed by atoms with Crippen molar-refractivity contribution in [2.75, 3.05) is 30.3 Å². The van der Waals surface area contributed by atoms with Gasteiger partial charge in [-0.15, -0.1) is 0 Å². The van der Waals surface area contributed by atoms with Crippen molar-refractivity contribution in [3.05, 3.63) is 0 Å². The van der Waals surface area contributed by atoms with E-state index >= 15 is 0 Å². The third kappa shape index (κ3) is 3.77. The minimum atomic E-state index is -3.06. The van der Waals surface area contributed by atoms with Crippen molar-refractivity contribution in [2.45, 2.75) is 38.5 Å². The molecule has 1 aliphatic heterocycles. The van der Waals surface area contributed by atoms with Crippen molar-refractivity contribution in [1.29, 1.82) is 0 Å². The number of carbonyl (C=O) groups is 1. The number of Topliss-reactive ketones (excluding diaryl/α,β-unsaturated/α-hetero) is 1. The maximum atomic E-state index is 12.2. The van der Waals surface area contributed by atoms with Crippen LogP contribution < -0.4 is 0 Å². The van der Waals surface area contributed by atoms with E-state index in [1.54, 1.807) is 18.7 Å². The number of hydrogen-bond donors (Lipinski definition) is 0. The van der Waals surface area contributed by atoms with Crippen LogP contribution in [0.1, 0.15) is 33.1 Å². The van der Waals surface area contributed by atoms with E-state index < -0.39 is 15.2 Å². The fourth-order valence-corrected chi connectivity index (χ4v) is 6.23. The molecule has 6 heteroatoms. The van der Waals surface area contributed by atoms with Gasteiger partial charge in [-0.3, -0.25) is 9.69 Å². The molecule has 116 valence electrons. The maximum absolute atomic E-state index is 12.2. The smallest absolute Gasteiger partial charge is 0.166 e. The Bertz CT molecular complexity index is 449. The zero-order valence-corrected chi connectivity index (χ0v) is 14.0. The highest BCUT2D eigenvalue weighted by Gasteiger charge is 2.36. The fourth-order valence-electron chi connectivity index (χ4n) is 3.13. The second-order valence-electron chi connectivity index (χ2n) is 6.02. The van der Waals surface area contributed by atoms with Gasteiger partial charge in [-0.25, -0.2) is 8.42 Å². The Labute approximate surface area is 126 Å². The molecule has 0 aromatic rings. The first kappa shape index (κ1) is 16.3. The van der Waals surface area contributed by atoms with Crippen molar-refractivity contribution >= 4 is 27.4 Å². The Kier molecular flexibility index (Phi) is 5.54. The number of carbonyl (C=O) groups excluding carboxylic acids is 1. The van der Waals surface area contributed by atoms with E-state index in [4.69, 9.17) is 0 Å². The molecule has 4 nitrogen and oxygen atoms in total. The molecular formula is C14H25NO3S2. The molecule has 0 spiro atoms. The zero-order valence-electron chi connectivity index (χ0n) is 12.4. The molecule has 1 heterocycles. The summed E-state index contributed by atoms with van der Waals surface area (Å²) in [4.78, 5) is 14.1. The summed E-state index contributed by atoms with van der Waals surface area (Å²) in [6.07, 6.45) is 2.57. The van der Waals surface area contributed by atoms with E-state index in [1.165, 1.54) is 0 Å². The molecule has 3 atom stereocenters. The molecular weight excluding hydrogens is 294 g/mol. The summed E-state index contributed by atoms with van der Waals surface area (Å²) < 4.78 is 24.4. The summed E-state index contributed by atoms with van der Waals surface area (Å²) in [5, 5.41) is -0.392. The number of hydrogen-bond acceptors (Lipinski definition) is 5. The second kappa shape index (κ2) is 6.79. The molecule has 1 saturated carbocycles. The van der Waals surface area contributed by atoms with Gasteiger partial charge in [0.25, 0.3) is 0 Å². The van der Waals surface area contributed by atoms with Crippen LogP contribution in [0, 0.1) is 11.8 Å². The van der Waals surface area contributed by atoms with E-state index in [9.17, 15) is 13.2 Å². The molecule has 20 heavy (non-hydrogen) atoms. The molecule has 0 aromatic carbocycles. The molecule has 1 saturated heterocycles. The van der Waals surface area contributed by atoms with E-state index in [-0.39, 0.29) is 11.7 Å². The quantitative estimate of drug-likeness (QED) is 0.791. The van der Waals surface area contributed by atoms with Crippen LogP contribution in [-0.4, -0.2) is 54.8 Å². The third-order valence-corrected chi connectivity index (χ3v) is 7.82. The molecule has 1 aliphatic carbocycles. The van der Waals surface area contributed by atoms with Crippen molar-refractivity contribution in [2.24, 2.45) is 11.8 Å². The lowest BCUT2D eigenvalue weighted by atomic mass is 9.81. The lowest BCUT2D eigenvalue weighted by molar-refractivity contribution is -0.126. The van der Waals surface area contributed by atoms with Crippen LogP contribution >= 0.6 is 11.8 Å². The minimum Gasteiger partial charge on any atom is -0.299 e. The van der Waals surface area contributed by atoms with E-state index in [0.29, 0.717) is 30.4 Å². The summed E-state index contributed by atoms with van der Waals surface area (Å²) in [6, 6.07) is 0. The highest BCUT2D eigenvalue weighted by atomic mass is 32.2. The van der Waals surface area contributed by atoms with Gasteiger partial charge in [0.1, 0.15) is 11.2 Å². The van der Waals surface area contributed by atoms with Crippen molar-refractivity contribution in [3.8, 4) is 0 Å². The normalized spacial score (nSPS) is 33.3. The predicted octanol–water partition coefficient (Wildman–Crippen LogP) is 1.80. The lowest BCUT2D eigenvalue weighted by Gasteiger charge is -2.38. The maximum Gasteiger partial charge on any atom is 0.166 e. The molecule has 0 bridgehead atoms. The second-order valence-corrected chi connectivity index (χ2v) is 9.62. The van der Waals surface area contributed by atoms with Crippen LogP contribution in [0.15, 0.2) is 0 Å². The average Bonchev–Trinajstić information content (AvgIpc) is 2.43. The van der Waals surface area contributed by atoms with Gasteiger partial charge in [-0.2, -0.15) is 11.8 Å². The number of sulfone groups is 1. The molecule has 0 radical (unpaired) electrons. The Morgan fingerprint density at radius 2 is 2.15 bits per heavy atom. The monoisotopic (exact) mass is 319 g/mol. The number of nitrogens with zero attached hydrogens (tertiary/aromatic N) is 1. The Hall–Kier alpha value is -0.0700. The highest BCUT2D eigenvalue weighted by Crippen LogP contribution is 2.29. The summed E-state index contributed by atoms with van der Waals surface area (Å²) in [6.45, 7) is 5.31. The van der Waals surface area contributed by atoms with Gasteiger partial charge in [0.05, 0.1) is 0 Å². The van der Waals surface area contributed by atoms with Gasteiger partial charge in [-0.05, 0) is 18.8 Å². The first-order valence-corrected chi connectivity index (χ1v) is 10.4. The fraction of sp³-hybridized carbons (Fsp3) is 0.929. The predicted molar refractivity (Wildman–Crippen MR) is 83.7 cm³/mol. The van der Waals surface area contributed by atoms with Crippen LogP contribution in [0.3, 0.4) is 0 Å². The summed E-state index contributed by atoms with van der Waals surface area (Å²) >= 11 is 1.71. The van der Waals surface area contributed by atoms with Crippen LogP contribution in [0.5, 0.6) is 0 Å². The number of thioether (sulfide) groups is 1. The van der Waals surface area contributed by atoms with Gasteiger partial charge in [0.15, 0.2) is 9.84 Å². The SMILES string of the molecule is CCS(=O)(=O)C1CSCCN1CC1CC(C)CCC1=O. The van der Waals surface area contributed by atoms with Gasteiger partial charge in [0, 0.05) is 42.7 Å². The molecule has 2 rings (SSSR count). The molecule has 2 aliphatic rings. The summed E-state index contributed by atoms with van der Waals surface area (Å²) in [5.41, 5.74) is 0. The Morgan fingerprint density at radius 3 is 2.85 bits per heavy atom. The van der Waals surface area contributed by atoms with Crippen molar-refractivity contribution < 1.29 is 13.2 Å². The highest BCUT2D eigenvalue weighted by molar-refractivity contribution is 8.01. The summed E-state index contributed by atoms with van der Waals surface area (Å²) in [7, 11) is -3.06. The first-order valence-electron chi connectivity index (χ1n) is 7.50. The standard InChI is InChI=1S/C14H25NO3S2/c1-3-20(17,18)14-10-19-7-6-15(14)9-12-8-11(2)4-5-13(12)16/h11-12,14H,3-10H2,1-2H3. The van der Waals surface area contributed by atoms with Crippen molar-refractivity contribution in [3.63, 3.8) is 0 Å². The number of ketones is 1. The van der Waals surface area contributed by atoms with Crippen LogP contribution in [0.4, 0.5) is 0 Å². The Morgan fingerprint density at radius 1 is 1.40 bits per heavy atom. The van der Waals surface area contributed by atoms with Crippen molar-refractivity contribution in [1.82, 2.24) is 4.90 Å². The average molecular weight is 319 g/mol. The minimum absolute atomic E-state index is 0.0383.